The molecule has 0 amide bonds. The Morgan fingerprint density at radius 3 is 1.65 bits per heavy atom. The summed E-state index contributed by atoms with van der Waals surface area (Å²) in [6.45, 7) is 9.40. The lowest BCUT2D eigenvalue weighted by atomic mass is 9.95. The summed E-state index contributed by atoms with van der Waals surface area (Å²) in [5, 5.41) is 0. The van der Waals surface area contributed by atoms with Gasteiger partial charge < -0.3 is 0 Å². The van der Waals surface area contributed by atoms with E-state index in [0.717, 1.165) is 11.8 Å². The fourth-order valence-corrected chi connectivity index (χ4v) is 2.46. The Hall–Kier alpha value is 0. The Labute approximate surface area is 111 Å². The quantitative estimate of drug-likeness (QED) is 0.338. The molecule has 0 aromatic carbocycles. The van der Waals surface area contributed by atoms with Gasteiger partial charge in [-0.2, -0.15) is 0 Å². The maximum Gasteiger partial charge on any atom is -0.0443 e. The van der Waals surface area contributed by atoms with E-state index in [-0.39, 0.29) is 0 Å². The zero-order valence-corrected chi connectivity index (χ0v) is 12.9. The van der Waals surface area contributed by atoms with E-state index in [9.17, 15) is 0 Å². The van der Waals surface area contributed by atoms with Crippen molar-refractivity contribution in [3.63, 3.8) is 0 Å². The lowest BCUT2D eigenvalue weighted by molar-refractivity contribution is 0.423. The van der Waals surface area contributed by atoms with Crippen LogP contribution >= 0.6 is 0 Å². The Morgan fingerprint density at radius 1 is 0.588 bits per heavy atom. The van der Waals surface area contributed by atoms with Gasteiger partial charge in [0.25, 0.3) is 0 Å². The highest BCUT2D eigenvalue weighted by Gasteiger charge is 2.02. The second-order valence-electron chi connectivity index (χ2n) is 6.34. The summed E-state index contributed by atoms with van der Waals surface area (Å²) >= 11 is 0. The van der Waals surface area contributed by atoms with Gasteiger partial charge in [-0.25, -0.2) is 0 Å². The largest absolute Gasteiger partial charge is 0.0654 e. The lowest BCUT2D eigenvalue weighted by Crippen LogP contribution is -1.96. The zero-order chi connectivity index (χ0) is 12.9. The lowest BCUT2D eigenvalue weighted by Gasteiger charge is -2.11. The van der Waals surface area contributed by atoms with Crippen LogP contribution in [-0.2, 0) is 0 Å². The van der Waals surface area contributed by atoms with Crippen molar-refractivity contribution in [1.29, 1.82) is 0 Å². The van der Waals surface area contributed by atoms with E-state index in [4.69, 9.17) is 0 Å². The average Bonchev–Trinajstić information content (AvgIpc) is 2.29. The van der Waals surface area contributed by atoms with Crippen LogP contribution < -0.4 is 0 Å². The summed E-state index contributed by atoms with van der Waals surface area (Å²) in [4.78, 5) is 0. The van der Waals surface area contributed by atoms with E-state index < -0.39 is 0 Å². The highest BCUT2D eigenvalue weighted by molar-refractivity contribution is 4.56. The van der Waals surface area contributed by atoms with Gasteiger partial charge in [0.15, 0.2) is 0 Å². The molecule has 0 aromatic heterocycles. The van der Waals surface area contributed by atoms with Gasteiger partial charge in [0, 0.05) is 0 Å². The maximum absolute atomic E-state index is 2.45. The van der Waals surface area contributed by atoms with E-state index in [1.54, 1.807) is 0 Å². The van der Waals surface area contributed by atoms with Crippen molar-refractivity contribution in [2.24, 2.45) is 11.8 Å². The molecule has 0 aliphatic rings. The molecule has 0 N–H and O–H groups in total. The van der Waals surface area contributed by atoms with Gasteiger partial charge in [-0.1, -0.05) is 98.3 Å². The van der Waals surface area contributed by atoms with Crippen molar-refractivity contribution in [3.05, 3.63) is 0 Å². The second kappa shape index (κ2) is 12.5. The Kier molecular flexibility index (Phi) is 12.5. The number of hydrogen-bond donors (Lipinski definition) is 0. The summed E-state index contributed by atoms with van der Waals surface area (Å²) in [6, 6.07) is 0. The zero-order valence-electron chi connectivity index (χ0n) is 12.9. The molecule has 0 heterocycles. The molecule has 1 atom stereocenters. The molecule has 0 aliphatic carbocycles. The molecule has 0 rings (SSSR count). The number of unbranched alkanes of at least 4 members (excludes halogenated alkanes) is 6. The van der Waals surface area contributed by atoms with Crippen LogP contribution in [-0.4, -0.2) is 0 Å². The monoisotopic (exact) mass is 240 g/mol. The van der Waals surface area contributed by atoms with Gasteiger partial charge in [0.2, 0.25) is 0 Å². The van der Waals surface area contributed by atoms with Gasteiger partial charge in [-0.3, -0.25) is 0 Å². The van der Waals surface area contributed by atoms with Gasteiger partial charge in [0.1, 0.15) is 0 Å². The SMILES string of the molecule is CCCCCCCCC(C)CCCCC(C)C. The van der Waals surface area contributed by atoms with E-state index in [1.807, 2.05) is 0 Å². The van der Waals surface area contributed by atoms with Gasteiger partial charge >= 0.3 is 0 Å². The normalized spacial score (nSPS) is 13.2. The van der Waals surface area contributed by atoms with Crippen LogP contribution in [0.3, 0.4) is 0 Å². The molecule has 0 nitrogen and oxygen atoms in total. The first-order valence-electron chi connectivity index (χ1n) is 8.16. The molecule has 1 unspecified atom stereocenters. The van der Waals surface area contributed by atoms with Crippen LogP contribution in [0.15, 0.2) is 0 Å². The Bertz CT molecular complexity index is 137. The third-order valence-corrected chi connectivity index (χ3v) is 3.78. The highest BCUT2D eigenvalue weighted by atomic mass is 14.1. The van der Waals surface area contributed by atoms with Crippen LogP contribution in [0.25, 0.3) is 0 Å². The van der Waals surface area contributed by atoms with E-state index in [0.29, 0.717) is 0 Å². The predicted molar refractivity (Wildman–Crippen MR) is 80.5 cm³/mol. The van der Waals surface area contributed by atoms with Crippen molar-refractivity contribution < 1.29 is 0 Å². The van der Waals surface area contributed by atoms with E-state index in [1.165, 1.54) is 70.6 Å². The first-order valence-corrected chi connectivity index (χ1v) is 8.16. The molecule has 17 heavy (non-hydrogen) atoms. The van der Waals surface area contributed by atoms with Crippen LogP contribution in [0.2, 0.25) is 0 Å². The second-order valence-corrected chi connectivity index (χ2v) is 6.34. The minimum absolute atomic E-state index is 0.892. The smallest absolute Gasteiger partial charge is 0.0443 e. The van der Waals surface area contributed by atoms with E-state index in [2.05, 4.69) is 27.7 Å². The molecule has 0 saturated heterocycles. The first-order chi connectivity index (χ1) is 8.16. The van der Waals surface area contributed by atoms with Crippen molar-refractivity contribution in [3.8, 4) is 0 Å². The molecular formula is C17H36. The summed E-state index contributed by atoms with van der Waals surface area (Å²) < 4.78 is 0. The molecule has 0 aromatic rings. The summed E-state index contributed by atoms with van der Waals surface area (Å²) in [6.07, 6.45) is 15.9. The molecule has 0 fully saturated rings. The number of hydrogen-bond acceptors (Lipinski definition) is 0. The van der Waals surface area contributed by atoms with Crippen LogP contribution in [0, 0.1) is 11.8 Å². The molecule has 0 spiro atoms. The molecule has 0 saturated carbocycles. The van der Waals surface area contributed by atoms with Crippen LogP contribution in [0.1, 0.15) is 98.3 Å². The third-order valence-electron chi connectivity index (χ3n) is 3.78. The first kappa shape index (κ1) is 17.0. The maximum atomic E-state index is 2.45. The Balaban J connectivity index is 3.14. The van der Waals surface area contributed by atoms with Crippen molar-refractivity contribution in [2.75, 3.05) is 0 Å². The summed E-state index contributed by atoms with van der Waals surface area (Å²) in [5.74, 6) is 1.86. The predicted octanol–water partition coefficient (Wildman–Crippen LogP) is 6.59. The average molecular weight is 240 g/mol. The fourth-order valence-electron chi connectivity index (χ4n) is 2.46. The van der Waals surface area contributed by atoms with Gasteiger partial charge in [0.05, 0.1) is 0 Å². The third kappa shape index (κ3) is 13.9. The fraction of sp³-hybridized carbons (Fsp3) is 1.00. The summed E-state index contributed by atoms with van der Waals surface area (Å²) in [7, 11) is 0. The number of rotatable bonds is 12. The van der Waals surface area contributed by atoms with Crippen LogP contribution in [0.4, 0.5) is 0 Å². The van der Waals surface area contributed by atoms with Crippen molar-refractivity contribution in [2.45, 2.75) is 98.3 Å². The molecule has 0 radical (unpaired) electrons. The molecular weight excluding hydrogens is 204 g/mol. The standard InChI is InChI=1S/C17H36/c1-5-6-7-8-9-10-14-17(4)15-12-11-13-16(2)3/h16-17H,5-15H2,1-4H3. The van der Waals surface area contributed by atoms with E-state index >= 15 is 0 Å². The van der Waals surface area contributed by atoms with Crippen molar-refractivity contribution >= 4 is 0 Å². The van der Waals surface area contributed by atoms with Gasteiger partial charge in [-0.05, 0) is 11.8 Å². The molecule has 0 bridgehead atoms. The molecule has 104 valence electrons. The van der Waals surface area contributed by atoms with Crippen LogP contribution in [0.5, 0.6) is 0 Å². The highest BCUT2D eigenvalue weighted by Crippen LogP contribution is 2.18. The topological polar surface area (TPSA) is 0 Å². The minimum Gasteiger partial charge on any atom is -0.0654 e. The molecule has 0 heteroatoms. The summed E-state index contributed by atoms with van der Waals surface area (Å²) in [5.41, 5.74) is 0. The van der Waals surface area contributed by atoms with Gasteiger partial charge in [-0.15, -0.1) is 0 Å². The Morgan fingerprint density at radius 2 is 1.06 bits per heavy atom. The minimum atomic E-state index is 0.892. The van der Waals surface area contributed by atoms with Crippen molar-refractivity contribution in [1.82, 2.24) is 0 Å². The molecule has 0 aliphatic heterocycles.